The molecular formula is C19H27N5O2. The molecule has 3 rings (SSSR count). The van der Waals surface area contributed by atoms with E-state index in [1.807, 2.05) is 28.9 Å². The Bertz CT molecular complexity index is 733. The average molecular weight is 357 g/mol. The molecule has 0 unspecified atom stereocenters. The fourth-order valence-electron chi connectivity index (χ4n) is 3.17. The van der Waals surface area contributed by atoms with Gasteiger partial charge in [-0.15, -0.1) is 5.10 Å². The Morgan fingerprint density at radius 1 is 1.31 bits per heavy atom. The van der Waals surface area contributed by atoms with E-state index in [0.29, 0.717) is 18.3 Å². The molecule has 0 saturated carbocycles. The first-order valence-corrected chi connectivity index (χ1v) is 9.05. The summed E-state index contributed by atoms with van der Waals surface area (Å²) in [5, 5.41) is 14.5. The molecule has 1 saturated heterocycles. The molecule has 1 aromatic heterocycles. The Labute approximate surface area is 154 Å². The molecule has 7 nitrogen and oxygen atoms in total. The second-order valence-corrected chi connectivity index (χ2v) is 7.36. The van der Waals surface area contributed by atoms with Gasteiger partial charge in [0.25, 0.3) is 5.91 Å². The maximum Gasteiger partial charge on any atom is 0.273 e. The molecule has 2 aromatic rings. The molecule has 26 heavy (non-hydrogen) atoms. The van der Waals surface area contributed by atoms with Gasteiger partial charge in [0.05, 0.1) is 19.3 Å². The van der Waals surface area contributed by atoms with E-state index >= 15 is 0 Å². The number of nitrogens with zero attached hydrogens (tertiary/aromatic N) is 3. The van der Waals surface area contributed by atoms with E-state index < -0.39 is 0 Å². The molecule has 2 heterocycles. The van der Waals surface area contributed by atoms with Crippen molar-refractivity contribution >= 4 is 5.91 Å². The van der Waals surface area contributed by atoms with Gasteiger partial charge in [0.2, 0.25) is 0 Å². The molecule has 140 valence electrons. The highest BCUT2D eigenvalue weighted by atomic mass is 16.5. The predicted molar refractivity (Wildman–Crippen MR) is 99.5 cm³/mol. The van der Waals surface area contributed by atoms with E-state index in [1.54, 1.807) is 13.3 Å². The molecule has 0 radical (unpaired) electrons. The highest BCUT2D eigenvalue weighted by Crippen LogP contribution is 2.24. The van der Waals surface area contributed by atoms with Crippen molar-refractivity contribution < 1.29 is 9.53 Å². The molecule has 1 fully saturated rings. The topological polar surface area (TPSA) is 81.1 Å². The Kier molecular flexibility index (Phi) is 5.56. The normalized spacial score (nSPS) is 15.7. The van der Waals surface area contributed by atoms with Gasteiger partial charge in [-0.3, -0.25) is 4.79 Å². The van der Waals surface area contributed by atoms with Crippen molar-refractivity contribution in [1.82, 2.24) is 25.6 Å². The molecular weight excluding hydrogens is 330 g/mol. The largest absolute Gasteiger partial charge is 0.497 e. The first-order valence-electron chi connectivity index (χ1n) is 9.05. The zero-order valence-corrected chi connectivity index (χ0v) is 15.7. The van der Waals surface area contributed by atoms with E-state index in [-0.39, 0.29) is 11.3 Å². The van der Waals surface area contributed by atoms with Crippen LogP contribution in [-0.2, 0) is 5.41 Å². The van der Waals surface area contributed by atoms with Gasteiger partial charge in [0.15, 0.2) is 5.69 Å². The number of carbonyl (C=O) groups excluding carboxylic acids is 1. The Balaban J connectivity index is 1.59. The molecule has 0 spiro atoms. The van der Waals surface area contributed by atoms with Crippen LogP contribution in [0.4, 0.5) is 0 Å². The predicted octanol–water partition coefficient (Wildman–Crippen LogP) is 1.92. The van der Waals surface area contributed by atoms with Crippen LogP contribution in [0.3, 0.4) is 0 Å². The minimum absolute atomic E-state index is 0.188. The third kappa shape index (κ3) is 4.22. The van der Waals surface area contributed by atoms with Crippen LogP contribution in [0.15, 0.2) is 30.5 Å². The van der Waals surface area contributed by atoms with Gasteiger partial charge in [-0.2, -0.15) is 0 Å². The summed E-state index contributed by atoms with van der Waals surface area (Å²) in [6, 6.07) is 8.24. The lowest BCUT2D eigenvalue weighted by atomic mass is 9.84. The minimum Gasteiger partial charge on any atom is -0.497 e. The zero-order valence-electron chi connectivity index (χ0n) is 15.7. The Morgan fingerprint density at radius 2 is 2.00 bits per heavy atom. The number of aromatic nitrogens is 3. The highest BCUT2D eigenvalue weighted by molar-refractivity contribution is 5.91. The van der Waals surface area contributed by atoms with Crippen LogP contribution in [-0.4, -0.2) is 47.6 Å². The molecule has 1 amide bonds. The van der Waals surface area contributed by atoms with Crippen LogP contribution >= 0.6 is 0 Å². The third-order valence-electron chi connectivity index (χ3n) is 4.99. The van der Waals surface area contributed by atoms with Crippen molar-refractivity contribution in [3.63, 3.8) is 0 Å². The van der Waals surface area contributed by atoms with Crippen molar-refractivity contribution in [3.05, 3.63) is 41.7 Å². The van der Waals surface area contributed by atoms with E-state index in [9.17, 15) is 4.79 Å². The van der Waals surface area contributed by atoms with Gasteiger partial charge < -0.3 is 15.4 Å². The number of methoxy groups -OCH3 is 1. The van der Waals surface area contributed by atoms with Gasteiger partial charge in [0, 0.05) is 12.0 Å². The van der Waals surface area contributed by atoms with Gasteiger partial charge in [-0.05, 0) is 43.6 Å². The molecule has 1 aromatic carbocycles. The quantitative estimate of drug-likeness (QED) is 0.825. The number of hydrogen-bond acceptors (Lipinski definition) is 5. The molecule has 0 aliphatic carbocycles. The second-order valence-electron chi connectivity index (χ2n) is 7.36. The maximum absolute atomic E-state index is 12.5. The van der Waals surface area contributed by atoms with Crippen LogP contribution < -0.4 is 15.4 Å². The van der Waals surface area contributed by atoms with Crippen molar-refractivity contribution in [1.29, 1.82) is 0 Å². The standard InChI is InChI=1S/C19H27N5O2/c1-19(2,14-4-6-16(26-3)7-5-14)13-21-18(25)17-12-24(23-22-17)15-8-10-20-11-9-15/h4-7,12,15,20H,8-11,13H2,1-3H3,(H,21,25). The van der Waals surface area contributed by atoms with Gasteiger partial charge in [0.1, 0.15) is 5.75 Å². The van der Waals surface area contributed by atoms with E-state index in [2.05, 4.69) is 34.8 Å². The number of amides is 1. The van der Waals surface area contributed by atoms with Crippen LogP contribution in [0, 0.1) is 0 Å². The number of ether oxygens (including phenoxy) is 1. The van der Waals surface area contributed by atoms with Crippen molar-refractivity contribution in [3.8, 4) is 5.75 Å². The van der Waals surface area contributed by atoms with E-state index in [4.69, 9.17) is 4.74 Å². The summed E-state index contributed by atoms with van der Waals surface area (Å²) in [4.78, 5) is 12.5. The Hall–Kier alpha value is -2.41. The van der Waals surface area contributed by atoms with Gasteiger partial charge >= 0.3 is 0 Å². The summed E-state index contributed by atoms with van der Waals surface area (Å²) < 4.78 is 7.02. The summed E-state index contributed by atoms with van der Waals surface area (Å²) in [5.41, 5.74) is 1.30. The summed E-state index contributed by atoms with van der Waals surface area (Å²) in [5.74, 6) is 0.634. The third-order valence-corrected chi connectivity index (χ3v) is 4.99. The van der Waals surface area contributed by atoms with Gasteiger partial charge in [-0.1, -0.05) is 31.2 Å². The van der Waals surface area contributed by atoms with Crippen LogP contribution in [0.1, 0.15) is 48.8 Å². The fraction of sp³-hybridized carbons (Fsp3) is 0.526. The van der Waals surface area contributed by atoms with Crippen LogP contribution in [0.5, 0.6) is 5.75 Å². The summed E-state index contributed by atoms with van der Waals surface area (Å²) in [6.07, 6.45) is 3.77. The van der Waals surface area contributed by atoms with E-state index in [0.717, 1.165) is 37.2 Å². The van der Waals surface area contributed by atoms with Crippen LogP contribution in [0.2, 0.25) is 0 Å². The molecule has 1 aliphatic rings. The summed E-state index contributed by atoms with van der Waals surface area (Å²) in [6.45, 7) is 6.66. The highest BCUT2D eigenvalue weighted by Gasteiger charge is 2.23. The number of piperidine rings is 1. The molecule has 7 heteroatoms. The number of nitrogens with one attached hydrogen (secondary N) is 2. The van der Waals surface area contributed by atoms with Crippen molar-refractivity contribution in [2.75, 3.05) is 26.7 Å². The monoisotopic (exact) mass is 357 g/mol. The smallest absolute Gasteiger partial charge is 0.273 e. The second kappa shape index (κ2) is 7.86. The van der Waals surface area contributed by atoms with Crippen molar-refractivity contribution in [2.45, 2.75) is 38.1 Å². The molecule has 0 atom stereocenters. The number of carbonyl (C=O) groups is 1. The number of rotatable bonds is 6. The average Bonchev–Trinajstić information content (AvgIpc) is 3.17. The number of benzene rings is 1. The van der Waals surface area contributed by atoms with Gasteiger partial charge in [-0.25, -0.2) is 4.68 Å². The SMILES string of the molecule is COc1ccc(C(C)(C)CNC(=O)c2cn(C3CCNCC3)nn2)cc1. The summed E-state index contributed by atoms with van der Waals surface area (Å²) in [7, 11) is 1.65. The lowest BCUT2D eigenvalue weighted by Gasteiger charge is -2.25. The minimum atomic E-state index is -0.201. The zero-order chi connectivity index (χ0) is 18.6. The summed E-state index contributed by atoms with van der Waals surface area (Å²) >= 11 is 0. The van der Waals surface area contributed by atoms with Crippen LogP contribution in [0.25, 0.3) is 0 Å². The van der Waals surface area contributed by atoms with Crippen molar-refractivity contribution in [2.24, 2.45) is 0 Å². The molecule has 0 bridgehead atoms. The molecule has 1 aliphatic heterocycles. The fourth-order valence-corrected chi connectivity index (χ4v) is 3.17. The maximum atomic E-state index is 12.5. The van der Waals surface area contributed by atoms with E-state index in [1.165, 1.54) is 0 Å². The lowest BCUT2D eigenvalue weighted by Crippen LogP contribution is -2.36. The lowest BCUT2D eigenvalue weighted by molar-refractivity contribution is 0.0940. The first kappa shape index (κ1) is 18.4. The first-order chi connectivity index (χ1) is 12.5. The Morgan fingerprint density at radius 3 is 2.65 bits per heavy atom. The molecule has 2 N–H and O–H groups in total. The number of hydrogen-bond donors (Lipinski definition) is 2.